The average Bonchev–Trinajstić information content (AvgIpc) is 3.16. The molecule has 0 radical (unpaired) electrons. The van der Waals surface area contributed by atoms with E-state index in [0.717, 1.165) is 23.6 Å². The molecule has 2 aromatic rings. The number of benzene rings is 1. The lowest BCUT2D eigenvalue weighted by Crippen LogP contribution is -2.50. The molecule has 1 aromatic heterocycles. The number of hydrogen-bond acceptors (Lipinski definition) is 4. The molecule has 2 aliphatic heterocycles. The summed E-state index contributed by atoms with van der Waals surface area (Å²) in [7, 11) is 0. The van der Waals surface area contributed by atoms with Crippen molar-refractivity contribution in [3.8, 4) is 0 Å². The largest absolute Gasteiger partial charge is 0.341 e. The standard InChI is InChI=1S/C20H23N5O2/c1-15(26)23-11-9-16(14-23)22-20(27)25-13-12-24(19-8-4-5-10-21-19)17-6-2-3-7-18(17)25/h2-8,10,16H,9,11-14H2,1H3,(H,22,27)/t16-/m1/s1. The highest BCUT2D eigenvalue weighted by Gasteiger charge is 2.31. The molecule has 0 bridgehead atoms. The summed E-state index contributed by atoms with van der Waals surface area (Å²) in [5, 5.41) is 3.09. The fraction of sp³-hybridized carbons (Fsp3) is 0.350. The first-order valence-electron chi connectivity index (χ1n) is 9.24. The first-order chi connectivity index (χ1) is 13.1. The van der Waals surface area contributed by atoms with E-state index in [1.165, 1.54) is 0 Å². The fourth-order valence-electron chi connectivity index (χ4n) is 3.74. The molecule has 7 nitrogen and oxygen atoms in total. The second kappa shape index (κ2) is 7.26. The number of carbonyl (C=O) groups excluding carboxylic acids is 2. The van der Waals surface area contributed by atoms with Crippen molar-refractivity contribution in [3.63, 3.8) is 0 Å². The lowest BCUT2D eigenvalue weighted by Gasteiger charge is -2.37. The Bertz CT molecular complexity index is 841. The van der Waals surface area contributed by atoms with Gasteiger partial charge in [0.15, 0.2) is 0 Å². The van der Waals surface area contributed by atoms with Crippen LogP contribution in [0.15, 0.2) is 48.7 Å². The minimum Gasteiger partial charge on any atom is -0.341 e. The van der Waals surface area contributed by atoms with E-state index < -0.39 is 0 Å². The number of hydrogen-bond donors (Lipinski definition) is 1. The summed E-state index contributed by atoms with van der Waals surface area (Å²) in [5.41, 5.74) is 1.84. The normalized spacial score (nSPS) is 19.0. The van der Waals surface area contributed by atoms with Gasteiger partial charge in [-0.2, -0.15) is 0 Å². The fourth-order valence-corrected chi connectivity index (χ4v) is 3.74. The number of amides is 3. The van der Waals surface area contributed by atoms with Crippen LogP contribution in [0, 0.1) is 0 Å². The zero-order valence-electron chi connectivity index (χ0n) is 15.3. The van der Waals surface area contributed by atoms with Crippen molar-refractivity contribution in [3.05, 3.63) is 48.7 Å². The Morgan fingerprint density at radius 1 is 1.04 bits per heavy atom. The average molecular weight is 365 g/mol. The van der Waals surface area contributed by atoms with Gasteiger partial charge in [0.05, 0.1) is 11.4 Å². The molecule has 4 rings (SSSR count). The Kier molecular flexibility index (Phi) is 4.66. The summed E-state index contributed by atoms with van der Waals surface area (Å²) >= 11 is 0. The van der Waals surface area contributed by atoms with Crippen molar-refractivity contribution < 1.29 is 9.59 Å². The van der Waals surface area contributed by atoms with Gasteiger partial charge < -0.3 is 15.1 Å². The molecule has 0 aliphatic carbocycles. The van der Waals surface area contributed by atoms with E-state index in [9.17, 15) is 9.59 Å². The Labute approximate surface area is 158 Å². The van der Waals surface area contributed by atoms with Gasteiger partial charge in [-0.15, -0.1) is 0 Å². The molecule has 3 amide bonds. The van der Waals surface area contributed by atoms with Crippen LogP contribution in [-0.2, 0) is 4.79 Å². The number of rotatable bonds is 2. The molecule has 27 heavy (non-hydrogen) atoms. The third-order valence-electron chi connectivity index (χ3n) is 5.14. The van der Waals surface area contributed by atoms with Crippen molar-refractivity contribution in [2.45, 2.75) is 19.4 Å². The zero-order valence-corrected chi connectivity index (χ0v) is 15.3. The maximum atomic E-state index is 12.9. The van der Waals surface area contributed by atoms with E-state index >= 15 is 0 Å². The number of nitrogens with one attached hydrogen (secondary N) is 1. The molecule has 1 N–H and O–H groups in total. The summed E-state index contributed by atoms with van der Waals surface area (Å²) in [6.45, 7) is 4.09. The van der Waals surface area contributed by atoms with Crippen LogP contribution in [0.1, 0.15) is 13.3 Å². The smallest absolute Gasteiger partial charge is 0.322 e. The van der Waals surface area contributed by atoms with Gasteiger partial charge in [0, 0.05) is 45.3 Å². The van der Waals surface area contributed by atoms with Gasteiger partial charge in [-0.3, -0.25) is 9.69 Å². The SMILES string of the molecule is CC(=O)N1CC[C@@H](NC(=O)N2CCN(c3ccccn3)c3ccccc32)C1. The third kappa shape index (κ3) is 3.45. The summed E-state index contributed by atoms with van der Waals surface area (Å²) in [6.07, 6.45) is 2.57. The maximum Gasteiger partial charge on any atom is 0.322 e. The van der Waals surface area contributed by atoms with Gasteiger partial charge in [-0.05, 0) is 30.7 Å². The van der Waals surface area contributed by atoms with Crippen molar-refractivity contribution >= 4 is 29.1 Å². The Morgan fingerprint density at radius 3 is 2.52 bits per heavy atom. The maximum absolute atomic E-state index is 12.9. The summed E-state index contributed by atoms with van der Waals surface area (Å²) in [5.74, 6) is 0.930. The van der Waals surface area contributed by atoms with Crippen LogP contribution in [-0.4, -0.2) is 54.0 Å². The number of aromatic nitrogens is 1. The highest BCUT2D eigenvalue weighted by Crippen LogP contribution is 2.36. The lowest BCUT2D eigenvalue weighted by molar-refractivity contribution is -0.127. The Balaban J connectivity index is 1.52. The number of likely N-dealkylation sites (tertiary alicyclic amines) is 1. The summed E-state index contributed by atoms with van der Waals surface area (Å²) < 4.78 is 0. The second-order valence-electron chi connectivity index (χ2n) is 6.88. The molecular formula is C20H23N5O2. The molecule has 2 aliphatic rings. The number of nitrogens with zero attached hydrogens (tertiary/aromatic N) is 4. The van der Waals surface area contributed by atoms with Crippen LogP contribution in [0.25, 0.3) is 0 Å². The van der Waals surface area contributed by atoms with Crippen molar-refractivity contribution in [2.24, 2.45) is 0 Å². The first-order valence-corrected chi connectivity index (χ1v) is 9.24. The van der Waals surface area contributed by atoms with Gasteiger partial charge in [-0.1, -0.05) is 18.2 Å². The van der Waals surface area contributed by atoms with Gasteiger partial charge in [0.25, 0.3) is 0 Å². The highest BCUT2D eigenvalue weighted by atomic mass is 16.2. The number of fused-ring (bicyclic) bond motifs is 1. The van der Waals surface area contributed by atoms with Gasteiger partial charge in [0.1, 0.15) is 5.82 Å². The van der Waals surface area contributed by atoms with E-state index in [-0.39, 0.29) is 18.0 Å². The molecule has 0 unspecified atom stereocenters. The van der Waals surface area contributed by atoms with Crippen LogP contribution in [0.3, 0.4) is 0 Å². The zero-order chi connectivity index (χ0) is 18.8. The molecule has 1 fully saturated rings. The molecule has 0 saturated carbocycles. The van der Waals surface area contributed by atoms with Crippen LogP contribution in [0.2, 0.25) is 0 Å². The lowest BCUT2D eigenvalue weighted by atomic mass is 10.1. The van der Waals surface area contributed by atoms with Gasteiger partial charge in [0.2, 0.25) is 5.91 Å². The quantitative estimate of drug-likeness (QED) is 0.887. The van der Waals surface area contributed by atoms with E-state index in [0.29, 0.717) is 26.2 Å². The van der Waals surface area contributed by atoms with Crippen molar-refractivity contribution in [1.82, 2.24) is 15.2 Å². The molecular weight excluding hydrogens is 342 g/mol. The van der Waals surface area contributed by atoms with E-state index in [2.05, 4.69) is 15.2 Å². The minimum atomic E-state index is -0.112. The van der Waals surface area contributed by atoms with E-state index in [1.54, 1.807) is 22.9 Å². The second-order valence-corrected chi connectivity index (χ2v) is 6.88. The van der Waals surface area contributed by atoms with Crippen molar-refractivity contribution in [1.29, 1.82) is 0 Å². The molecule has 7 heteroatoms. The van der Waals surface area contributed by atoms with E-state index in [1.807, 2.05) is 42.5 Å². The molecule has 1 atom stereocenters. The molecule has 0 spiro atoms. The first kappa shape index (κ1) is 17.3. The highest BCUT2D eigenvalue weighted by molar-refractivity contribution is 5.98. The van der Waals surface area contributed by atoms with Crippen LogP contribution in [0.5, 0.6) is 0 Å². The number of urea groups is 1. The van der Waals surface area contributed by atoms with Crippen LogP contribution < -0.4 is 15.1 Å². The van der Waals surface area contributed by atoms with Crippen LogP contribution in [0.4, 0.5) is 22.0 Å². The predicted molar refractivity (Wildman–Crippen MR) is 104 cm³/mol. The number of pyridine rings is 1. The predicted octanol–water partition coefficient (Wildman–Crippen LogP) is 2.37. The Hall–Kier alpha value is -3.09. The van der Waals surface area contributed by atoms with Gasteiger partial charge in [-0.25, -0.2) is 9.78 Å². The monoisotopic (exact) mass is 365 g/mol. The summed E-state index contributed by atoms with van der Waals surface area (Å²) in [4.78, 5) is 34.6. The number of anilines is 3. The molecule has 1 aromatic carbocycles. The molecule has 3 heterocycles. The molecule has 1 saturated heterocycles. The molecule has 140 valence electrons. The Morgan fingerprint density at radius 2 is 1.81 bits per heavy atom. The van der Waals surface area contributed by atoms with E-state index in [4.69, 9.17) is 0 Å². The minimum absolute atomic E-state index is 0.00221. The topological polar surface area (TPSA) is 68.8 Å². The third-order valence-corrected chi connectivity index (χ3v) is 5.14. The van der Waals surface area contributed by atoms with Crippen molar-refractivity contribution in [2.75, 3.05) is 36.0 Å². The number of para-hydroxylation sites is 2. The van der Waals surface area contributed by atoms with Gasteiger partial charge >= 0.3 is 6.03 Å². The van der Waals surface area contributed by atoms with Crippen LogP contribution >= 0.6 is 0 Å². The number of carbonyl (C=O) groups is 2. The summed E-state index contributed by atoms with van der Waals surface area (Å²) in [6, 6.07) is 13.6.